The Morgan fingerprint density at radius 2 is 1.88 bits per heavy atom. The van der Waals surface area contributed by atoms with Crippen LogP contribution in [0.25, 0.3) is 0 Å². The normalized spacial score (nSPS) is 24.8. The molecule has 1 heterocycles. The van der Waals surface area contributed by atoms with Crippen molar-refractivity contribution in [1.29, 1.82) is 0 Å². The van der Waals surface area contributed by atoms with Gasteiger partial charge in [-0.15, -0.1) is 0 Å². The predicted octanol–water partition coefficient (Wildman–Crippen LogP) is 4.48. The smallest absolute Gasteiger partial charge is 0.408 e. The molecule has 1 fully saturated rings. The molecule has 4 atom stereocenters. The van der Waals surface area contributed by atoms with Gasteiger partial charge in [-0.2, -0.15) is 0 Å². The van der Waals surface area contributed by atoms with Gasteiger partial charge >= 0.3 is 12.1 Å². The van der Waals surface area contributed by atoms with Crippen LogP contribution in [0.15, 0.2) is 30.3 Å². The van der Waals surface area contributed by atoms with Crippen LogP contribution >= 0.6 is 0 Å². The molecule has 0 spiro atoms. The van der Waals surface area contributed by atoms with E-state index >= 15 is 0 Å². The number of cyclic esters (lactones) is 1. The first kappa shape index (κ1) is 26.1. The van der Waals surface area contributed by atoms with Gasteiger partial charge in [0.2, 0.25) is 0 Å². The van der Waals surface area contributed by atoms with E-state index in [1.165, 1.54) is 0 Å². The lowest BCUT2D eigenvalue weighted by Gasteiger charge is -2.31. The number of carbonyl (C=O) groups excluding carboxylic acids is 2. The third-order valence-electron chi connectivity index (χ3n) is 5.31. The van der Waals surface area contributed by atoms with Gasteiger partial charge in [-0.1, -0.05) is 50.6 Å². The highest BCUT2D eigenvalue weighted by molar-refractivity contribution is 5.81. The van der Waals surface area contributed by atoms with Crippen LogP contribution in [0.5, 0.6) is 0 Å². The lowest BCUT2D eigenvalue weighted by atomic mass is 9.89. The fraction of sp³-hybridized carbons (Fsp3) is 0.680. The number of alkyl carbamates (subject to hydrolysis) is 1. The Bertz CT molecular complexity index is 715. The molecule has 7 nitrogen and oxygen atoms in total. The fourth-order valence-electron chi connectivity index (χ4n) is 3.59. The number of ether oxygens (including phenoxy) is 4. The second-order valence-corrected chi connectivity index (χ2v) is 9.85. The van der Waals surface area contributed by atoms with Gasteiger partial charge in [-0.25, -0.2) is 9.59 Å². The number of amides is 1. The van der Waals surface area contributed by atoms with Crippen molar-refractivity contribution in [3.05, 3.63) is 35.9 Å². The molecular weight excluding hydrogens is 410 g/mol. The van der Waals surface area contributed by atoms with Crippen LogP contribution in [0.4, 0.5) is 4.79 Å². The maximum atomic E-state index is 12.8. The first-order valence-electron chi connectivity index (χ1n) is 11.5. The van der Waals surface area contributed by atoms with Gasteiger partial charge in [-0.3, -0.25) is 0 Å². The van der Waals surface area contributed by atoms with E-state index in [1.807, 2.05) is 37.3 Å². The monoisotopic (exact) mass is 449 g/mol. The Morgan fingerprint density at radius 1 is 1.19 bits per heavy atom. The van der Waals surface area contributed by atoms with E-state index in [9.17, 15) is 9.59 Å². The molecule has 0 aromatic heterocycles. The SMILES string of the molecule is CC(C)CC[C@H]1[C@H](C)OC(=O)[C@@H](NC(=O)OC(C)(C)C)COC[C@@H]1OCc1ccccc1. The number of hydrogen-bond donors (Lipinski definition) is 1. The third kappa shape index (κ3) is 9.17. The molecular formula is C25H39NO6. The highest BCUT2D eigenvalue weighted by Crippen LogP contribution is 2.26. The van der Waals surface area contributed by atoms with Crippen molar-refractivity contribution in [2.45, 2.75) is 84.8 Å². The van der Waals surface area contributed by atoms with Gasteiger partial charge < -0.3 is 24.3 Å². The molecule has 1 aromatic carbocycles. The van der Waals surface area contributed by atoms with Crippen molar-refractivity contribution in [3.63, 3.8) is 0 Å². The van der Waals surface area contributed by atoms with Crippen LogP contribution < -0.4 is 5.32 Å². The van der Waals surface area contributed by atoms with Crippen molar-refractivity contribution in [2.75, 3.05) is 13.2 Å². The number of rotatable bonds is 7. The molecule has 7 heteroatoms. The Morgan fingerprint density at radius 3 is 2.50 bits per heavy atom. The maximum Gasteiger partial charge on any atom is 0.408 e. The van der Waals surface area contributed by atoms with Crippen LogP contribution in [0, 0.1) is 11.8 Å². The van der Waals surface area contributed by atoms with Gasteiger partial charge in [0, 0.05) is 5.92 Å². The van der Waals surface area contributed by atoms with Crippen molar-refractivity contribution < 1.29 is 28.5 Å². The summed E-state index contributed by atoms with van der Waals surface area (Å²) in [6.45, 7) is 12.3. The Balaban J connectivity index is 2.11. The van der Waals surface area contributed by atoms with Gasteiger partial charge in [0.15, 0.2) is 6.04 Å². The Kier molecular flexibility index (Phi) is 9.97. The van der Waals surface area contributed by atoms with Crippen LogP contribution in [-0.2, 0) is 30.3 Å². The molecule has 180 valence electrons. The van der Waals surface area contributed by atoms with Crippen molar-refractivity contribution in [1.82, 2.24) is 5.32 Å². The highest BCUT2D eigenvalue weighted by atomic mass is 16.6. The summed E-state index contributed by atoms with van der Waals surface area (Å²) in [4.78, 5) is 25.0. The molecule has 1 aliphatic heterocycles. The van der Waals surface area contributed by atoms with Crippen LogP contribution in [0.1, 0.15) is 59.9 Å². The molecule has 0 bridgehead atoms. The van der Waals surface area contributed by atoms with E-state index in [4.69, 9.17) is 18.9 Å². The average Bonchev–Trinajstić information content (AvgIpc) is 2.74. The molecule has 0 radical (unpaired) electrons. The summed E-state index contributed by atoms with van der Waals surface area (Å²) in [6.07, 6.45) is 0.531. The first-order valence-corrected chi connectivity index (χ1v) is 11.5. The topological polar surface area (TPSA) is 83.1 Å². The second-order valence-electron chi connectivity index (χ2n) is 9.85. The zero-order valence-electron chi connectivity index (χ0n) is 20.3. The van der Waals surface area contributed by atoms with Crippen LogP contribution in [0.3, 0.4) is 0 Å². The molecule has 32 heavy (non-hydrogen) atoms. The summed E-state index contributed by atoms with van der Waals surface area (Å²) in [5.41, 5.74) is 0.406. The van der Waals surface area contributed by atoms with E-state index in [0.29, 0.717) is 19.1 Å². The summed E-state index contributed by atoms with van der Waals surface area (Å²) >= 11 is 0. The maximum absolute atomic E-state index is 12.8. The molecule has 1 N–H and O–H groups in total. The molecule has 1 saturated heterocycles. The molecule has 0 saturated carbocycles. The van der Waals surface area contributed by atoms with Gasteiger partial charge in [-0.05, 0) is 45.6 Å². The average molecular weight is 450 g/mol. The first-order chi connectivity index (χ1) is 15.0. The fourth-order valence-corrected chi connectivity index (χ4v) is 3.59. The van der Waals surface area contributed by atoms with E-state index in [0.717, 1.165) is 18.4 Å². The minimum absolute atomic E-state index is 0.00705. The molecule has 0 aliphatic carbocycles. The lowest BCUT2D eigenvalue weighted by Crippen LogP contribution is -2.47. The number of benzene rings is 1. The summed E-state index contributed by atoms with van der Waals surface area (Å²) in [6, 6.07) is 9.02. The van der Waals surface area contributed by atoms with Gasteiger partial charge in [0.1, 0.15) is 11.7 Å². The minimum atomic E-state index is -0.939. The van der Waals surface area contributed by atoms with Gasteiger partial charge in [0.25, 0.3) is 0 Å². The molecule has 1 aliphatic rings. The molecule has 1 aromatic rings. The predicted molar refractivity (Wildman–Crippen MR) is 122 cm³/mol. The van der Waals surface area contributed by atoms with E-state index in [-0.39, 0.29) is 24.7 Å². The Labute approximate surface area is 192 Å². The standard InChI is InChI=1S/C25H39NO6/c1-17(2)12-13-20-18(3)31-23(27)21(26-24(28)32-25(4,5)6)15-29-16-22(20)30-14-19-10-8-7-9-11-19/h7-11,17-18,20-22H,12-16H2,1-6H3,(H,26,28)/t18-,20-,21-,22-/m0/s1. The quantitative estimate of drug-likeness (QED) is 0.618. The van der Waals surface area contributed by atoms with E-state index < -0.39 is 23.7 Å². The Hall–Kier alpha value is -2.12. The number of carbonyl (C=O) groups is 2. The van der Waals surface area contributed by atoms with Crippen molar-refractivity contribution in [2.24, 2.45) is 11.8 Å². The van der Waals surface area contributed by atoms with Crippen molar-refractivity contribution in [3.8, 4) is 0 Å². The zero-order chi connectivity index (χ0) is 23.7. The summed E-state index contributed by atoms with van der Waals surface area (Å²) in [7, 11) is 0. The summed E-state index contributed by atoms with van der Waals surface area (Å²) < 4.78 is 23.2. The number of esters is 1. The zero-order valence-corrected chi connectivity index (χ0v) is 20.3. The van der Waals surface area contributed by atoms with E-state index in [1.54, 1.807) is 20.8 Å². The third-order valence-corrected chi connectivity index (χ3v) is 5.31. The van der Waals surface area contributed by atoms with Crippen molar-refractivity contribution >= 4 is 12.1 Å². The van der Waals surface area contributed by atoms with Gasteiger partial charge in [0.05, 0.1) is 25.9 Å². The van der Waals surface area contributed by atoms with Crippen LogP contribution in [0.2, 0.25) is 0 Å². The van der Waals surface area contributed by atoms with Crippen LogP contribution in [-0.4, -0.2) is 49.1 Å². The summed E-state index contributed by atoms with van der Waals surface area (Å²) in [5, 5.41) is 2.58. The highest BCUT2D eigenvalue weighted by Gasteiger charge is 2.35. The summed E-state index contributed by atoms with van der Waals surface area (Å²) in [5.74, 6) is -0.0326. The molecule has 1 amide bonds. The second kappa shape index (κ2) is 12.2. The number of hydrogen-bond acceptors (Lipinski definition) is 6. The lowest BCUT2D eigenvalue weighted by molar-refractivity contribution is -0.156. The molecule has 0 unspecified atom stereocenters. The largest absolute Gasteiger partial charge is 0.461 e. The number of nitrogens with one attached hydrogen (secondary N) is 1. The van der Waals surface area contributed by atoms with E-state index in [2.05, 4.69) is 19.2 Å². The minimum Gasteiger partial charge on any atom is -0.461 e. The molecule has 2 rings (SSSR count).